The molecule has 0 spiro atoms. The second kappa shape index (κ2) is 8.00. The highest BCUT2D eigenvalue weighted by Crippen LogP contribution is 2.33. The zero-order chi connectivity index (χ0) is 17.8. The third-order valence-corrected chi connectivity index (χ3v) is 5.62. The predicted octanol–water partition coefficient (Wildman–Crippen LogP) is 4.19. The number of pyridine rings is 1. The van der Waals surface area contributed by atoms with Gasteiger partial charge in [0.05, 0.1) is 5.69 Å². The van der Waals surface area contributed by atoms with E-state index < -0.39 is 0 Å². The molecule has 1 aromatic carbocycles. The maximum atomic E-state index is 13.1. The summed E-state index contributed by atoms with van der Waals surface area (Å²) in [4.78, 5) is 9.48. The smallest absolute Gasteiger partial charge is 0.123 e. The fraction of sp³-hybridized carbons (Fsp3) is 0.409. The van der Waals surface area contributed by atoms with Crippen molar-refractivity contribution >= 4 is 0 Å². The van der Waals surface area contributed by atoms with Crippen molar-refractivity contribution in [2.75, 3.05) is 26.2 Å². The molecule has 1 atom stereocenters. The highest BCUT2D eigenvalue weighted by molar-refractivity contribution is 5.24. The van der Waals surface area contributed by atoms with Crippen molar-refractivity contribution in [1.29, 1.82) is 0 Å². The van der Waals surface area contributed by atoms with Gasteiger partial charge in [0.1, 0.15) is 5.82 Å². The third kappa shape index (κ3) is 4.13. The molecule has 136 valence electrons. The van der Waals surface area contributed by atoms with E-state index in [1.54, 1.807) is 12.1 Å². The fourth-order valence-electron chi connectivity index (χ4n) is 4.06. The van der Waals surface area contributed by atoms with Crippen LogP contribution in [0.5, 0.6) is 0 Å². The van der Waals surface area contributed by atoms with Gasteiger partial charge in [0.2, 0.25) is 0 Å². The molecule has 1 unspecified atom stereocenters. The van der Waals surface area contributed by atoms with Crippen LogP contribution in [0.2, 0.25) is 0 Å². The Labute approximate surface area is 155 Å². The lowest BCUT2D eigenvalue weighted by atomic mass is 9.86. The van der Waals surface area contributed by atoms with Crippen LogP contribution in [0, 0.1) is 5.82 Å². The van der Waals surface area contributed by atoms with Crippen molar-refractivity contribution in [3.05, 3.63) is 77.5 Å². The minimum atomic E-state index is -0.149. The molecule has 1 aliphatic carbocycles. The Kier molecular flexibility index (Phi) is 5.30. The minimum Gasteiger partial charge on any atom is -0.373 e. The summed E-state index contributed by atoms with van der Waals surface area (Å²) in [6.07, 6.45) is 7.63. The standard InChI is InChI=1S/C22H26FN3/c23-20-8-4-18(5-9-20)19-6-10-22(11-7-19)26-15-13-25(14-16-26)17-21-3-1-2-12-24-21/h1-5,8-10,12,19H,6-7,11,13-17H2. The zero-order valence-corrected chi connectivity index (χ0v) is 15.1. The van der Waals surface area contributed by atoms with Gasteiger partial charge in [0.15, 0.2) is 0 Å². The average molecular weight is 351 g/mol. The molecule has 1 fully saturated rings. The number of aromatic nitrogens is 1. The van der Waals surface area contributed by atoms with Gasteiger partial charge < -0.3 is 4.90 Å². The Balaban J connectivity index is 1.29. The maximum absolute atomic E-state index is 13.1. The van der Waals surface area contributed by atoms with Gasteiger partial charge in [0, 0.05) is 44.6 Å². The van der Waals surface area contributed by atoms with E-state index >= 15 is 0 Å². The topological polar surface area (TPSA) is 19.4 Å². The lowest BCUT2D eigenvalue weighted by molar-refractivity contribution is 0.146. The first kappa shape index (κ1) is 17.2. The van der Waals surface area contributed by atoms with Crippen LogP contribution in [0.4, 0.5) is 4.39 Å². The second-order valence-electron chi connectivity index (χ2n) is 7.30. The van der Waals surface area contributed by atoms with Crippen LogP contribution in [-0.2, 0) is 6.54 Å². The third-order valence-electron chi connectivity index (χ3n) is 5.62. The average Bonchev–Trinajstić information content (AvgIpc) is 2.70. The van der Waals surface area contributed by atoms with Gasteiger partial charge in [-0.3, -0.25) is 9.88 Å². The molecule has 2 heterocycles. The summed E-state index contributed by atoms with van der Waals surface area (Å²) >= 11 is 0. The van der Waals surface area contributed by atoms with Crippen LogP contribution < -0.4 is 0 Å². The number of rotatable bonds is 4. The first-order valence-electron chi connectivity index (χ1n) is 9.59. The molecule has 4 heteroatoms. The van der Waals surface area contributed by atoms with Crippen molar-refractivity contribution in [2.45, 2.75) is 31.7 Å². The van der Waals surface area contributed by atoms with Crippen LogP contribution in [0.25, 0.3) is 0 Å². The van der Waals surface area contributed by atoms with Gasteiger partial charge in [-0.1, -0.05) is 24.3 Å². The van der Waals surface area contributed by atoms with Crippen molar-refractivity contribution in [2.24, 2.45) is 0 Å². The van der Waals surface area contributed by atoms with E-state index in [0.29, 0.717) is 5.92 Å². The highest BCUT2D eigenvalue weighted by Gasteiger charge is 2.23. The molecular formula is C22H26FN3. The van der Waals surface area contributed by atoms with Crippen LogP contribution >= 0.6 is 0 Å². The molecule has 0 bridgehead atoms. The molecule has 26 heavy (non-hydrogen) atoms. The summed E-state index contributed by atoms with van der Waals surface area (Å²) in [7, 11) is 0. The van der Waals surface area contributed by atoms with E-state index in [4.69, 9.17) is 0 Å². The first-order chi connectivity index (χ1) is 12.8. The van der Waals surface area contributed by atoms with E-state index in [1.807, 2.05) is 24.4 Å². The summed E-state index contributed by atoms with van der Waals surface area (Å²) in [6.45, 7) is 5.32. The summed E-state index contributed by atoms with van der Waals surface area (Å²) in [6, 6.07) is 13.2. The predicted molar refractivity (Wildman–Crippen MR) is 102 cm³/mol. The Morgan fingerprint density at radius 3 is 2.46 bits per heavy atom. The molecule has 2 aliphatic rings. The van der Waals surface area contributed by atoms with Crippen molar-refractivity contribution in [3.63, 3.8) is 0 Å². The molecule has 1 aliphatic heterocycles. The number of hydrogen-bond acceptors (Lipinski definition) is 3. The van der Waals surface area contributed by atoms with Gasteiger partial charge in [-0.05, 0) is 55.0 Å². The SMILES string of the molecule is Fc1ccc(C2CC=C(N3CCN(Cc4ccccn4)CC3)CC2)cc1. The van der Waals surface area contributed by atoms with E-state index in [9.17, 15) is 4.39 Å². The lowest BCUT2D eigenvalue weighted by Crippen LogP contribution is -2.45. The van der Waals surface area contributed by atoms with Crippen molar-refractivity contribution in [1.82, 2.24) is 14.8 Å². The molecular weight excluding hydrogens is 325 g/mol. The Morgan fingerprint density at radius 1 is 1.00 bits per heavy atom. The summed E-state index contributed by atoms with van der Waals surface area (Å²) in [5, 5.41) is 0. The molecule has 0 saturated carbocycles. The molecule has 4 rings (SSSR count). The van der Waals surface area contributed by atoms with Gasteiger partial charge in [-0.15, -0.1) is 0 Å². The number of piperazine rings is 1. The van der Waals surface area contributed by atoms with E-state index in [2.05, 4.69) is 33.0 Å². The molecule has 2 aromatic rings. The number of halogens is 1. The summed E-state index contributed by atoms with van der Waals surface area (Å²) in [5.74, 6) is 0.383. The minimum absolute atomic E-state index is 0.149. The number of benzene rings is 1. The largest absolute Gasteiger partial charge is 0.373 e. The maximum Gasteiger partial charge on any atom is 0.123 e. The Hall–Kier alpha value is -2.20. The zero-order valence-electron chi connectivity index (χ0n) is 15.1. The fourth-order valence-corrected chi connectivity index (χ4v) is 4.06. The molecule has 3 nitrogen and oxygen atoms in total. The molecule has 0 N–H and O–H groups in total. The first-order valence-corrected chi connectivity index (χ1v) is 9.59. The number of nitrogens with zero attached hydrogens (tertiary/aromatic N) is 3. The van der Waals surface area contributed by atoms with E-state index in [1.165, 1.54) is 11.3 Å². The molecule has 0 radical (unpaired) electrons. The van der Waals surface area contributed by atoms with E-state index in [-0.39, 0.29) is 5.82 Å². The second-order valence-corrected chi connectivity index (χ2v) is 7.30. The molecule has 0 amide bonds. The Morgan fingerprint density at radius 2 is 1.81 bits per heavy atom. The summed E-state index contributed by atoms with van der Waals surface area (Å²) in [5.41, 5.74) is 3.92. The van der Waals surface area contributed by atoms with Crippen molar-refractivity contribution in [3.8, 4) is 0 Å². The monoisotopic (exact) mass is 351 g/mol. The molecule has 1 aromatic heterocycles. The highest BCUT2D eigenvalue weighted by atomic mass is 19.1. The molecule has 1 saturated heterocycles. The number of allylic oxidation sites excluding steroid dienone is 2. The van der Waals surface area contributed by atoms with Gasteiger partial charge in [-0.25, -0.2) is 4.39 Å². The van der Waals surface area contributed by atoms with Crippen LogP contribution in [-0.4, -0.2) is 41.0 Å². The lowest BCUT2D eigenvalue weighted by Gasteiger charge is -2.39. The summed E-state index contributed by atoms with van der Waals surface area (Å²) < 4.78 is 13.1. The number of hydrogen-bond donors (Lipinski definition) is 0. The van der Waals surface area contributed by atoms with Crippen LogP contribution in [0.15, 0.2) is 60.4 Å². The van der Waals surface area contributed by atoms with Gasteiger partial charge in [0.25, 0.3) is 0 Å². The quantitative estimate of drug-likeness (QED) is 0.823. The van der Waals surface area contributed by atoms with Gasteiger partial charge in [-0.2, -0.15) is 0 Å². The Bertz CT molecular complexity index is 734. The van der Waals surface area contributed by atoms with Gasteiger partial charge >= 0.3 is 0 Å². The van der Waals surface area contributed by atoms with Crippen LogP contribution in [0.1, 0.15) is 36.4 Å². The normalized spacial score (nSPS) is 21.5. The van der Waals surface area contributed by atoms with Crippen LogP contribution in [0.3, 0.4) is 0 Å². The van der Waals surface area contributed by atoms with E-state index in [0.717, 1.165) is 57.7 Å². The van der Waals surface area contributed by atoms with Crippen molar-refractivity contribution < 1.29 is 4.39 Å².